The van der Waals surface area contributed by atoms with Crippen molar-refractivity contribution in [2.24, 2.45) is 0 Å². The molecule has 1 heterocycles. The van der Waals surface area contributed by atoms with E-state index in [1.54, 1.807) is 0 Å². The maximum absolute atomic E-state index is 6.86. The Hall–Kier alpha value is -5.08. The lowest BCUT2D eigenvalue weighted by Crippen LogP contribution is -2.37. The summed E-state index contributed by atoms with van der Waals surface area (Å²) in [6.45, 7) is 5.29. The smallest absolute Gasteiger partial charge is 0.134 e. The first-order valence-electron chi connectivity index (χ1n) is 16.1. The molecule has 1 aliphatic carbocycles. The van der Waals surface area contributed by atoms with Gasteiger partial charge in [-0.2, -0.15) is 0 Å². The van der Waals surface area contributed by atoms with Crippen LogP contribution >= 0.6 is 0 Å². The van der Waals surface area contributed by atoms with E-state index < -0.39 is 5.41 Å². The number of hydrogen-bond donors (Lipinski definition) is 0. The second kappa shape index (κ2) is 11.1. The highest BCUT2D eigenvalue weighted by molar-refractivity contribution is 5.88. The van der Waals surface area contributed by atoms with Crippen LogP contribution in [0.3, 0.4) is 0 Å². The summed E-state index contributed by atoms with van der Waals surface area (Å²) in [5, 5.41) is 0. The molecular formula is C43H37NO. The summed E-state index contributed by atoms with van der Waals surface area (Å²) < 4.78 is 6.86. The summed E-state index contributed by atoms with van der Waals surface area (Å²) in [6.07, 6.45) is 2.01. The van der Waals surface area contributed by atoms with Crippen LogP contribution < -0.4 is 9.64 Å². The van der Waals surface area contributed by atoms with Gasteiger partial charge in [0, 0.05) is 35.5 Å². The van der Waals surface area contributed by atoms with E-state index >= 15 is 0 Å². The zero-order chi connectivity index (χ0) is 30.4. The monoisotopic (exact) mass is 583 g/mol. The quantitative estimate of drug-likeness (QED) is 0.185. The Bertz CT molecular complexity index is 1950. The van der Waals surface area contributed by atoms with Crippen LogP contribution in [0.2, 0.25) is 0 Å². The molecule has 0 fully saturated rings. The summed E-state index contributed by atoms with van der Waals surface area (Å²) >= 11 is 0. The summed E-state index contributed by atoms with van der Waals surface area (Å²) in [7, 11) is 0. The number of ether oxygens (including phenoxy) is 1. The number of rotatable bonds is 7. The number of benzene rings is 6. The van der Waals surface area contributed by atoms with Gasteiger partial charge in [-0.15, -0.1) is 0 Å². The van der Waals surface area contributed by atoms with Crippen LogP contribution in [0.1, 0.15) is 52.3 Å². The molecule has 0 saturated carbocycles. The van der Waals surface area contributed by atoms with Crippen molar-refractivity contribution >= 4 is 5.69 Å². The molecule has 0 radical (unpaired) electrons. The summed E-state index contributed by atoms with van der Waals surface area (Å²) in [4.78, 5) is 2.59. The van der Waals surface area contributed by atoms with E-state index in [0.29, 0.717) is 6.04 Å². The van der Waals surface area contributed by atoms with Crippen LogP contribution in [0.15, 0.2) is 146 Å². The Morgan fingerprint density at radius 1 is 0.578 bits per heavy atom. The maximum atomic E-state index is 6.86. The van der Waals surface area contributed by atoms with Gasteiger partial charge in [0.15, 0.2) is 0 Å². The van der Waals surface area contributed by atoms with Crippen molar-refractivity contribution in [2.75, 3.05) is 4.90 Å². The molecule has 6 aromatic rings. The molecule has 0 N–H and O–H groups in total. The SMILES string of the molecule is CCC(Cc1ccccc1)N(Cc1ccc(C)cc1)c1ccc2c(c1)Oc1ccccc1C21c2ccccc2-c2ccccc21. The van der Waals surface area contributed by atoms with E-state index in [4.69, 9.17) is 4.74 Å². The summed E-state index contributed by atoms with van der Waals surface area (Å²) in [5.41, 5.74) is 12.4. The molecule has 2 aliphatic rings. The van der Waals surface area contributed by atoms with E-state index in [9.17, 15) is 0 Å². The molecule has 1 spiro atoms. The molecule has 0 saturated heterocycles. The molecule has 220 valence electrons. The average molecular weight is 584 g/mol. The second-order valence-corrected chi connectivity index (χ2v) is 12.5. The Morgan fingerprint density at radius 2 is 1.18 bits per heavy atom. The fourth-order valence-corrected chi connectivity index (χ4v) is 7.71. The molecule has 2 nitrogen and oxygen atoms in total. The Balaban J connectivity index is 1.30. The van der Waals surface area contributed by atoms with E-state index in [2.05, 4.69) is 164 Å². The zero-order valence-corrected chi connectivity index (χ0v) is 25.9. The largest absolute Gasteiger partial charge is 0.457 e. The van der Waals surface area contributed by atoms with Crippen LogP contribution in [0.4, 0.5) is 5.69 Å². The van der Waals surface area contributed by atoms with Gasteiger partial charge in [0.2, 0.25) is 0 Å². The molecule has 8 rings (SSSR count). The molecule has 1 aliphatic heterocycles. The number of anilines is 1. The maximum Gasteiger partial charge on any atom is 0.134 e. The topological polar surface area (TPSA) is 12.5 Å². The first-order chi connectivity index (χ1) is 22.2. The molecular weight excluding hydrogens is 546 g/mol. The van der Waals surface area contributed by atoms with Crippen molar-refractivity contribution in [3.8, 4) is 22.6 Å². The van der Waals surface area contributed by atoms with Crippen molar-refractivity contribution < 1.29 is 4.74 Å². The molecule has 0 bridgehead atoms. The van der Waals surface area contributed by atoms with Crippen LogP contribution in [-0.4, -0.2) is 6.04 Å². The third-order valence-corrected chi connectivity index (χ3v) is 9.86. The van der Waals surface area contributed by atoms with E-state index in [0.717, 1.165) is 30.9 Å². The van der Waals surface area contributed by atoms with E-state index in [1.807, 2.05) is 0 Å². The third kappa shape index (κ3) is 4.47. The van der Waals surface area contributed by atoms with Crippen molar-refractivity contribution in [1.82, 2.24) is 0 Å². The van der Waals surface area contributed by atoms with Gasteiger partial charge in [0.25, 0.3) is 0 Å². The van der Waals surface area contributed by atoms with Gasteiger partial charge in [0.1, 0.15) is 11.5 Å². The van der Waals surface area contributed by atoms with Gasteiger partial charge < -0.3 is 9.64 Å². The predicted molar refractivity (Wildman–Crippen MR) is 185 cm³/mol. The summed E-state index contributed by atoms with van der Waals surface area (Å²) in [6, 6.07) is 53.6. The van der Waals surface area contributed by atoms with Gasteiger partial charge in [-0.05, 0) is 65.3 Å². The first kappa shape index (κ1) is 27.5. The minimum Gasteiger partial charge on any atom is -0.457 e. The molecule has 2 heteroatoms. The number of aryl methyl sites for hydroxylation is 1. The fourth-order valence-electron chi connectivity index (χ4n) is 7.71. The van der Waals surface area contributed by atoms with E-state index in [-0.39, 0.29) is 0 Å². The highest BCUT2D eigenvalue weighted by Gasteiger charge is 2.51. The molecule has 0 aromatic heterocycles. The average Bonchev–Trinajstić information content (AvgIpc) is 3.38. The Labute approximate surface area is 266 Å². The zero-order valence-electron chi connectivity index (χ0n) is 25.9. The normalized spacial score (nSPS) is 14.1. The predicted octanol–water partition coefficient (Wildman–Crippen LogP) is 10.5. The number of hydrogen-bond acceptors (Lipinski definition) is 2. The van der Waals surface area contributed by atoms with Crippen molar-refractivity contribution in [1.29, 1.82) is 0 Å². The van der Waals surface area contributed by atoms with Gasteiger partial charge >= 0.3 is 0 Å². The van der Waals surface area contributed by atoms with Crippen molar-refractivity contribution in [3.63, 3.8) is 0 Å². The molecule has 6 aromatic carbocycles. The number of para-hydroxylation sites is 1. The van der Waals surface area contributed by atoms with Crippen molar-refractivity contribution in [2.45, 2.75) is 44.7 Å². The Morgan fingerprint density at radius 3 is 1.87 bits per heavy atom. The standard InChI is InChI=1S/C43H37NO/c1-3-33(27-31-13-5-4-6-14-31)44(29-32-23-21-30(2)22-24-32)34-25-26-40-42(28-34)45-41-20-12-11-19-39(41)43(40)37-17-9-7-15-35(37)36-16-8-10-18-38(36)43/h4-26,28,33H,3,27,29H2,1-2H3. The molecule has 1 unspecified atom stereocenters. The second-order valence-electron chi connectivity index (χ2n) is 12.5. The minimum absolute atomic E-state index is 0.324. The molecule has 1 atom stereocenters. The minimum atomic E-state index is -0.439. The highest BCUT2D eigenvalue weighted by atomic mass is 16.5. The van der Waals surface area contributed by atoms with Crippen molar-refractivity contribution in [3.05, 3.63) is 185 Å². The van der Waals surface area contributed by atoms with Crippen LogP contribution in [0.5, 0.6) is 11.5 Å². The van der Waals surface area contributed by atoms with Gasteiger partial charge in [0.05, 0.1) is 5.41 Å². The lowest BCUT2D eigenvalue weighted by Gasteiger charge is -2.40. The summed E-state index contributed by atoms with van der Waals surface area (Å²) in [5.74, 6) is 1.86. The molecule has 45 heavy (non-hydrogen) atoms. The lowest BCUT2D eigenvalue weighted by molar-refractivity contribution is 0.436. The van der Waals surface area contributed by atoms with Gasteiger partial charge in [-0.25, -0.2) is 0 Å². The van der Waals surface area contributed by atoms with Gasteiger partial charge in [-0.1, -0.05) is 140 Å². The fraction of sp³-hybridized carbons (Fsp3) is 0.163. The van der Waals surface area contributed by atoms with E-state index in [1.165, 1.54) is 55.8 Å². The van der Waals surface area contributed by atoms with Crippen LogP contribution in [0.25, 0.3) is 11.1 Å². The third-order valence-electron chi connectivity index (χ3n) is 9.86. The Kier molecular flexibility index (Phi) is 6.79. The number of nitrogens with zero attached hydrogens (tertiary/aromatic N) is 1. The van der Waals surface area contributed by atoms with Gasteiger partial charge in [-0.3, -0.25) is 0 Å². The molecule has 0 amide bonds. The highest BCUT2D eigenvalue weighted by Crippen LogP contribution is 2.62. The lowest BCUT2D eigenvalue weighted by atomic mass is 9.66. The van der Waals surface area contributed by atoms with Crippen LogP contribution in [0, 0.1) is 6.92 Å². The number of fused-ring (bicyclic) bond motifs is 9. The van der Waals surface area contributed by atoms with Crippen LogP contribution in [-0.2, 0) is 18.4 Å². The first-order valence-corrected chi connectivity index (χ1v) is 16.1.